The molecule has 0 saturated carbocycles. The van der Waals surface area contributed by atoms with Crippen LogP contribution < -0.4 is 5.32 Å². The van der Waals surface area contributed by atoms with Crippen molar-refractivity contribution >= 4 is 23.6 Å². The second-order valence-corrected chi connectivity index (χ2v) is 5.59. The fraction of sp³-hybridized carbons (Fsp3) is 0.467. The summed E-state index contributed by atoms with van der Waals surface area (Å²) < 4.78 is 0. The summed E-state index contributed by atoms with van der Waals surface area (Å²) in [5.41, 5.74) is 1.50. The van der Waals surface area contributed by atoms with Gasteiger partial charge in [-0.05, 0) is 37.3 Å². The lowest BCUT2D eigenvalue weighted by Crippen LogP contribution is -2.33. The van der Waals surface area contributed by atoms with Crippen molar-refractivity contribution in [3.8, 4) is 0 Å². The summed E-state index contributed by atoms with van der Waals surface area (Å²) >= 11 is 1.57. The van der Waals surface area contributed by atoms with Crippen molar-refractivity contribution in [2.24, 2.45) is 5.92 Å². The molecule has 1 amide bonds. The second kappa shape index (κ2) is 7.94. The summed E-state index contributed by atoms with van der Waals surface area (Å²) in [6.45, 7) is 3.98. The summed E-state index contributed by atoms with van der Waals surface area (Å²) in [7, 11) is 0. The topological polar surface area (TPSA) is 66.4 Å². The minimum absolute atomic E-state index is 0.172. The third kappa shape index (κ3) is 4.56. The van der Waals surface area contributed by atoms with E-state index >= 15 is 0 Å². The zero-order chi connectivity index (χ0) is 15.1. The van der Waals surface area contributed by atoms with Gasteiger partial charge in [0.05, 0.1) is 5.92 Å². The van der Waals surface area contributed by atoms with E-state index in [1.807, 2.05) is 38.3 Å². The molecule has 0 bridgehead atoms. The van der Waals surface area contributed by atoms with Crippen LogP contribution in [0.25, 0.3) is 0 Å². The smallest absolute Gasteiger partial charge is 0.308 e. The summed E-state index contributed by atoms with van der Waals surface area (Å²) in [6.07, 6.45) is 3.31. The maximum Gasteiger partial charge on any atom is 0.308 e. The highest BCUT2D eigenvalue weighted by Gasteiger charge is 2.18. The van der Waals surface area contributed by atoms with Crippen LogP contribution >= 0.6 is 11.8 Å². The van der Waals surface area contributed by atoms with Crippen LogP contribution in [-0.4, -0.2) is 29.8 Å². The van der Waals surface area contributed by atoms with Gasteiger partial charge in [-0.25, -0.2) is 0 Å². The van der Waals surface area contributed by atoms with Gasteiger partial charge in [-0.2, -0.15) is 0 Å². The van der Waals surface area contributed by atoms with Crippen molar-refractivity contribution in [1.82, 2.24) is 5.32 Å². The molecule has 5 heteroatoms. The first-order chi connectivity index (χ1) is 9.49. The van der Waals surface area contributed by atoms with Crippen LogP contribution in [0.3, 0.4) is 0 Å². The first-order valence-corrected chi connectivity index (χ1v) is 7.87. The number of rotatable bonds is 7. The number of hydrogen-bond donors (Lipinski definition) is 2. The van der Waals surface area contributed by atoms with Crippen molar-refractivity contribution < 1.29 is 14.7 Å². The molecule has 0 spiro atoms. The first kappa shape index (κ1) is 16.6. The van der Waals surface area contributed by atoms with E-state index in [1.54, 1.807) is 11.8 Å². The van der Waals surface area contributed by atoms with Crippen LogP contribution in [0.1, 0.15) is 35.7 Å². The van der Waals surface area contributed by atoms with Crippen LogP contribution in [0.5, 0.6) is 0 Å². The molecule has 0 aliphatic carbocycles. The van der Waals surface area contributed by atoms with E-state index in [2.05, 4.69) is 5.32 Å². The maximum absolute atomic E-state index is 12.2. The van der Waals surface area contributed by atoms with Gasteiger partial charge in [-0.1, -0.05) is 19.4 Å². The lowest BCUT2D eigenvalue weighted by Gasteiger charge is -2.13. The molecule has 0 saturated heterocycles. The number of thioether (sulfide) groups is 1. The molecule has 1 atom stereocenters. The molecular weight excluding hydrogens is 274 g/mol. The van der Waals surface area contributed by atoms with Gasteiger partial charge in [0.1, 0.15) is 0 Å². The average molecular weight is 295 g/mol. The number of aliphatic carboxylic acids is 1. The van der Waals surface area contributed by atoms with Crippen LogP contribution in [0.15, 0.2) is 23.1 Å². The molecule has 1 aromatic rings. The van der Waals surface area contributed by atoms with Crippen LogP contribution in [-0.2, 0) is 4.79 Å². The normalized spacial score (nSPS) is 11.9. The Hall–Kier alpha value is -1.49. The first-order valence-electron chi connectivity index (χ1n) is 6.65. The van der Waals surface area contributed by atoms with Crippen molar-refractivity contribution in [3.63, 3.8) is 0 Å². The zero-order valence-corrected chi connectivity index (χ0v) is 12.9. The predicted octanol–water partition coefficient (Wildman–Crippen LogP) is 2.95. The summed E-state index contributed by atoms with van der Waals surface area (Å²) in [6, 6.07) is 5.71. The molecule has 4 nitrogen and oxygen atoms in total. The molecule has 0 aliphatic rings. The fourth-order valence-electron chi connectivity index (χ4n) is 1.95. The van der Waals surface area contributed by atoms with Gasteiger partial charge in [0, 0.05) is 17.0 Å². The van der Waals surface area contributed by atoms with E-state index in [0.29, 0.717) is 12.0 Å². The Bertz CT molecular complexity index is 488. The minimum atomic E-state index is -0.860. The van der Waals surface area contributed by atoms with Crippen molar-refractivity contribution in [2.75, 3.05) is 12.8 Å². The Kier molecular flexibility index (Phi) is 6.58. The highest BCUT2D eigenvalue weighted by atomic mass is 32.2. The quantitative estimate of drug-likeness (QED) is 0.759. The van der Waals surface area contributed by atoms with E-state index in [-0.39, 0.29) is 12.5 Å². The Labute approximate surface area is 124 Å². The predicted molar refractivity (Wildman–Crippen MR) is 81.3 cm³/mol. The van der Waals surface area contributed by atoms with Gasteiger partial charge < -0.3 is 10.4 Å². The molecule has 0 aromatic heterocycles. The maximum atomic E-state index is 12.2. The van der Waals surface area contributed by atoms with Gasteiger partial charge in [0.15, 0.2) is 0 Å². The number of amides is 1. The van der Waals surface area contributed by atoms with E-state index in [4.69, 9.17) is 5.11 Å². The number of carbonyl (C=O) groups excluding carboxylic acids is 1. The number of carbonyl (C=O) groups is 2. The number of benzene rings is 1. The van der Waals surface area contributed by atoms with Gasteiger partial charge in [0.2, 0.25) is 0 Å². The molecule has 0 fully saturated rings. The van der Waals surface area contributed by atoms with Crippen molar-refractivity contribution in [2.45, 2.75) is 31.6 Å². The molecule has 0 heterocycles. The van der Waals surface area contributed by atoms with Gasteiger partial charge in [-0.3, -0.25) is 9.59 Å². The minimum Gasteiger partial charge on any atom is -0.481 e. The number of nitrogens with one attached hydrogen (secondary N) is 1. The number of carboxylic acid groups (broad SMARTS) is 1. The van der Waals surface area contributed by atoms with Crippen molar-refractivity contribution in [3.05, 3.63) is 29.3 Å². The van der Waals surface area contributed by atoms with E-state index in [9.17, 15) is 9.59 Å². The van der Waals surface area contributed by atoms with Crippen LogP contribution in [0, 0.1) is 12.8 Å². The Balaban J connectivity index is 2.73. The third-order valence-electron chi connectivity index (χ3n) is 3.18. The average Bonchev–Trinajstić information content (AvgIpc) is 2.43. The van der Waals surface area contributed by atoms with E-state index in [0.717, 1.165) is 16.9 Å². The van der Waals surface area contributed by atoms with Crippen LogP contribution in [0.2, 0.25) is 0 Å². The molecule has 1 unspecified atom stereocenters. The van der Waals surface area contributed by atoms with Gasteiger partial charge in [0.25, 0.3) is 5.91 Å². The molecule has 2 N–H and O–H groups in total. The molecule has 20 heavy (non-hydrogen) atoms. The third-order valence-corrected chi connectivity index (χ3v) is 3.91. The van der Waals surface area contributed by atoms with Crippen molar-refractivity contribution in [1.29, 1.82) is 0 Å². The van der Waals surface area contributed by atoms with E-state index < -0.39 is 11.9 Å². The molecular formula is C15H21NO3S. The largest absolute Gasteiger partial charge is 0.481 e. The molecule has 110 valence electrons. The Morgan fingerprint density at radius 1 is 1.40 bits per heavy atom. The summed E-state index contributed by atoms with van der Waals surface area (Å²) in [4.78, 5) is 24.2. The SMILES string of the molecule is CCCC(CNC(=O)c1cc(SC)ccc1C)C(=O)O. The summed E-state index contributed by atoms with van der Waals surface area (Å²) in [5.74, 6) is -1.59. The lowest BCUT2D eigenvalue weighted by molar-refractivity contribution is -0.141. The number of aryl methyl sites for hydroxylation is 1. The van der Waals surface area contributed by atoms with E-state index in [1.165, 1.54) is 0 Å². The monoisotopic (exact) mass is 295 g/mol. The molecule has 1 rings (SSSR count). The number of carboxylic acids is 1. The fourth-order valence-corrected chi connectivity index (χ4v) is 2.38. The van der Waals surface area contributed by atoms with Crippen LogP contribution in [0.4, 0.5) is 0 Å². The summed E-state index contributed by atoms with van der Waals surface area (Å²) in [5, 5.41) is 11.8. The Morgan fingerprint density at radius 2 is 2.10 bits per heavy atom. The highest BCUT2D eigenvalue weighted by Crippen LogP contribution is 2.19. The molecule has 0 radical (unpaired) electrons. The molecule has 0 aliphatic heterocycles. The number of hydrogen-bond acceptors (Lipinski definition) is 3. The van der Waals surface area contributed by atoms with Gasteiger partial charge in [-0.15, -0.1) is 11.8 Å². The zero-order valence-electron chi connectivity index (χ0n) is 12.1. The van der Waals surface area contributed by atoms with Gasteiger partial charge >= 0.3 is 5.97 Å². The standard InChI is InChI=1S/C15H21NO3S/c1-4-5-11(15(18)19)9-16-14(17)13-8-12(20-3)7-6-10(13)2/h6-8,11H,4-5,9H2,1-3H3,(H,16,17)(H,18,19). The second-order valence-electron chi connectivity index (χ2n) is 4.71. The lowest BCUT2D eigenvalue weighted by atomic mass is 10.0. The molecule has 1 aromatic carbocycles. The Morgan fingerprint density at radius 3 is 2.65 bits per heavy atom. The highest BCUT2D eigenvalue weighted by molar-refractivity contribution is 7.98.